The van der Waals surface area contributed by atoms with Crippen molar-refractivity contribution in [2.45, 2.75) is 26.6 Å². The fourth-order valence-corrected chi connectivity index (χ4v) is 3.69. The molecule has 0 aliphatic heterocycles. The number of alkyl halides is 3. The first kappa shape index (κ1) is 20.1. The molecular weight excluding hydrogens is 396 g/mol. The molecule has 0 spiro atoms. The monoisotopic (exact) mass is 412 g/mol. The van der Waals surface area contributed by atoms with Crippen molar-refractivity contribution in [2.24, 2.45) is 0 Å². The summed E-state index contributed by atoms with van der Waals surface area (Å²) in [6, 6.07) is 6.73. The average Bonchev–Trinajstić information content (AvgIpc) is 3.05. The molecule has 2 heterocycles. The first-order valence-corrected chi connectivity index (χ1v) is 9.19. The number of thiophene rings is 1. The van der Waals surface area contributed by atoms with Crippen molar-refractivity contribution < 1.29 is 27.1 Å². The van der Waals surface area contributed by atoms with Crippen molar-refractivity contribution in [3.05, 3.63) is 57.7 Å². The van der Waals surface area contributed by atoms with Gasteiger partial charge in [-0.1, -0.05) is 12.1 Å². The van der Waals surface area contributed by atoms with Gasteiger partial charge in [0.05, 0.1) is 6.61 Å². The number of hydrogen-bond acceptors (Lipinski definition) is 4. The third-order valence-electron chi connectivity index (χ3n) is 4.04. The fourth-order valence-electron chi connectivity index (χ4n) is 2.74. The van der Waals surface area contributed by atoms with E-state index in [1.807, 2.05) is 0 Å². The van der Waals surface area contributed by atoms with Crippen molar-refractivity contribution in [3.8, 4) is 5.88 Å². The Morgan fingerprint density at radius 1 is 1.29 bits per heavy atom. The zero-order chi connectivity index (χ0) is 20.5. The number of rotatable bonds is 5. The Morgan fingerprint density at radius 2 is 2.04 bits per heavy atom. The van der Waals surface area contributed by atoms with E-state index >= 15 is 0 Å². The summed E-state index contributed by atoms with van der Waals surface area (Å²) in [6.45, 7) is 3.48. The molecule has 3 aromatic rings. The number of pyridine rings is 1. The summed E-state index contributed by atoms with van der Waals surface area (Å²) in [7, 11) is 0. The van der Waals surface area contributed by atoms with Gasteiger partial charge in [0.15, 0.2) is 0 Å². The van der Waals surface area contributed by atoms with Gasteiger partial charge < -0.3 is 10.1 Å². The minimum Gasteiger partial charge on any atom is -0.477 e. The van der Waals surface area contributed by atoms with Gasteiger partial charge in [-0.3, -0.25) is 4.79 Å². The van der Waals surface area contributed by atoms with Crippen molar-refractivity contribution in [3.63, 3.8) is 0 Å². The number of hydrogen-bond donors (Lipinski definition) is 1. The predicted molar refractivity (Wildman–Crippen MR) is 98.1 cm³/mol. The molecule has 148 valence electrons. The predicted octanol–water partition coefficient (Wildman–Crippen LogP) is 5.09. The second kappa shape index (κ2) is 7.75. The van der Waals surface area contributed by atoms with E-state index in [4.69, 9.17) is 4.74 Å². The van der Waals surface area contributed by atoms with Gasteiger partial charge in [-0.15, -0.1) is 11.3 Å². The molecule has 0 bridgehead atoms. The van der Waals surface area contributed by atoms with Gasteiger partial charge >= 0.3 is 6.18 Å². The van der Waals surface area contributed by atoms with Crippen LogP contribution in [-0.4, -0.2) is 17.5 Å². The van der Waals surface area contributed by atoms with Gasteiger partial charge in [0.1, 0.15) is 21.1 Å². The maximum absolute atomic E-state index is 13.3. The van der Waals surface area contributed by atoms with Gasteiger partial charge in [0.25, 0.3) is 5.91 Å². The summed E-state index contributed by atoms with van der Waals surface area (Å²) in [6.07, 6.45) is -4.50. The smallest absolute Gasteiger partial charge is 0.425 e. The molecule has 0 atom stereocenters. The molecule has 0 saturated carbocycles. The number of aromatic nitrogens is 1. The second-order valence-electron chi connectivity index (χ2n) is 5.99. The lowest BCUT2D eigenvalue weighted by atomic mass is 10.1. The molecule has 0 unspecified atom stereocenters. The van der Waals surface area contributed by atoms with Crippen LogP contribution in [0.2, 0.25) is 0 Å². The zero-order valence-electron chi connectivity index (χ0n) is 15.0. The maximum Gasteiger partial charge on any atom is 0.425 e. The summed E-state index contributed by atoms with van der Waals surface area (Å²) < 4.78 is 57.8. The van der Waals surface area contributed by atoms with Crippen LogP contribution >= 0.6 is 11.3 Å². The Kier molecular flexibility index (Phi) is 5.55. The van der Waals surface area contributed by atoms with Crippen LogP contribution in [0.25, 0.3) is 10.2 Å². The topological polar surface area (TPSA) is 51.2 Å². The Labute approximate surface area is 162 Å². The van der Waals surface area contributed by atoms with Gasteiger partial charge in [-0.25, -0.2) is 9.37 Å². The SMILES string of the molecule is CCOc1nc2sc(C(F)(F)F)cc2c(C)c1C(=O)NCc1cccc(F)c1. The van der Waals surface area contributed by atoms with Crippen LogP contribution in [0, 0.1) is 12.7 Å². The number of ether oxygens (including phenoxy) is 1. The van der Waals surface area contributed by atoms with Gasteiger partial charge in [-0.2, -0.15) is 13.2 Å². The van der Waals surface area contributed by atoms with E-state index in [2.05, 4.69) is 10.3 Å². The van der Waals surface area contributed by atoms with Crippen molar-refractivity contribution >= 4 is 27.5 Å². The number of aryl methyl sites for hydroxylation is 1. The molecule has 0 aliphatic carbocycles. The lowest BCUT2D eigenvalue weighted by Crippen LogP contribution is -2.25. The van der Waals surface area contributed by atoms with Crippen LogP contribution in [0.4, 0.5) is 17.6 Å². The lowest BCUT2D eigenvalue weighted by molar-refractivity contribution is -0.134. The number of carbonyl (C=O) groups excluding carboxylic acids is 1. The fraction of sp³-hybridized carbons (Fsp3) is 0.263. The highest BCUT2D eigenvalue weighted by Crippen LogP contribution is 2.40. The third kappa shape index (κ3) is 4.09. The molecule has 1 aromatic carbocycles. The van der Waals surface area contributed by atoms with Crippen LogP contribution in [-0.2, 0) is 12.7 Å². The number of fused-ring (bicyclic) bond motifs is 1. The summed E-state index contributed by atoms with van der Waals surface area (Å²) >= 11 is 0.501. The largest absolute Gasteiger partial charge is 0.477 e. The molecule has 0 aliphatic rings. The van der Waals surface area contributed by atoms with Crippen molar-refractivity contribution in [1.29, 1.82) is 0 Å². The zero-order valence-corrected chi connectivity index (χ0v) is 15.8. The number of benzene rings is 1. The van der Waals surface area contributed by atoms with Crippen LogP contribution in [0.5, 0.6) is 5.88 Å². The highest BCUT2D eigenvalue weighted by atomic mass is 32.1. The molecule has 28 heavy (non-hydrogen) atoms. The molecule has 0 radical (unpaired) electrons. The van der Waals surface area contributed by atoms with E-state index in [-0.39, 0.29) is 34.8 Å². The second-order valence-corrected chi connectivity index (χ2v) is 7.02. The highest BCUT2D eigenvalue weighted by molar-refractivity contribution is 7.18. The Hall–Kier alpha value is -2.68. The maximum atomic E-state index is 13.3. The molecule has 0 fully saturated rings. The molecule has 9 heteroatoms. The summed E-state index contributed by atoms with van der Waals surface area (Å²) in [5.41, 5.74) is 0.960. The van der Waals surface area contributed by atoms with Crippen molar-refractivity contribution in [1.82, 2.24) is 10.3 Å². The summed E-state index contributed by atoms with van der Waals surface area (Å²) in [4.78, 5) is 16.2. The quantitative estimate of drug-likeness (QED) is 0.594. The lowest BCUT2D eigenvalue weighted by Gasteiger charge is -2.13. The van der Waals surface area contributed by atoms with E-state index in [0.717, 1.165) is 6.07 Å². The van der Waals surface area contributed by atoms with Crippen molar-refractivity contribution in [2.75, 3.05) is 6.61 Å². The Balaban J connectivity index is 1.98. The van der Waals surface area contributed by atoms with E-state index in [1.54, 1.807) is 19.9 Å². The molecule has 1 amide bonds. The minimum absolute atomic E-state index is 0.0279. The summed E-state index contributed by atoms with van der Waals surface area (Å²) in [5, 5.41) is 2.89. The molecular formula is C19H16F4N2O2S. The number of amides is 1. The average molecular weight is 412 g/mol. The normalized spacial score (nSPS) is 11.6. The van der Waals surface area contributed by atoms with Gasteiger partial charge in [0, 0.05) is 11.9 Å². The molecule has 0 saturated heterocycles. The molecule has 1 N–H and O–H groups in total. The van der Waals surface area contributed by atoms with Crippen LogP contribution < -0.4 is 10.1 Å². The third-order valence-corrected chi connectivity index (χ3v) is 5.11. The van der Waals surface area contributed by atoms with E-state index in [9.17, 15) is 22.4 Å². The Bertz CT molecular complexity index is 1030. The number of carbonyl (C=O) groups is 1. The van der Waals surface area contributed by atoms with Crippen LogP contribution in [0.1, 0.15) is 33.3 Å². The minimum atomic E-state index is -4.50. The Morgan fingerprint density at radius 3 is 2.68 bits per heavy atom. The highest BCUT2D eigenvalue weighted by Gasteiger charge is 2.34. The van der Waals surface area contributed by atoms with Gasteiger partial charge in [-0.05, 0) is 43.2 Å². The standard InChI is InChI=1S/C19H16F4N2O2S/c1-3-27-17-15(16(26)24-9-11-5-4-6-12(20)7-11)10(2)13-8-14(19(21,22)23)28-18(13)25-17/h4-8H,3,9H2,1-2H3,(H,24,26). The van der Waals surface area contributed by atoms with E-state index < -0.39 is 22.8 Å². The van der Waals surface area contributed by atoms with E-state index in [1.165, 1.54) is 18.2 Å². The van der Waals surface area contributed by atoms with Crippen LogP contribution in [0.15, 0.2) is 30.3 Å². The number of nitrogens with one attached hydrogen (secondary N) is 1. The molecule has 2 aromatic heterocycles. The number of halogens is 4. The van der Waals surface area contributed by atoms with E-state index in [0.29, 0.717) is 22.5 Å². The van der Waals surface area contributed by atoms with Gasteiger partial charge in [0.2, 0.25) is 5.88 Å². The molecule has 3 rings (SSSR count). The summed E-state index contributed by atoms with van der Waals surface area (Å²) in [5.74, 6) is -1.02. The first-order valence-electron chi connectivity index (χ1n) is 8.37. The number of nitrogens with zero attached hydrogens (tertiary/aromatic N) is 1. The molecule has 4 nitrogen and oxygen atoms in total. The first-order chi connectivity index (χ1) is 13.2. The van der Waals surface area contributed by atoms with Crippen LogP contribution in [0.3, 0.4) is 0 Å².